The number of ether oxygens (including phenoxy) is 1. The van der Waals surface area contributed by atoms with Crippen molar-refractivity contribution in [1.29, 1.82) is 0 Å². The van der Waals surface area contributed by atoms with Gasteiger partial charge in [-0.15, -0.1) is 10.1 Å². The fourth-order valence-electron chi connectivity index (χ4n) is 3.14. The number of rotatable bonds is 13. The van der Waals surface area contributed by atoms with Gasteiger partial charge in [-0.05, 0) is 36.1 Å². The van der Waals surface area contributed by atoms with E-state index >= 15 is 0 Å². The first kappa shape index (κ1) is 26.5. The van der Waals surface area contributed by atoms with Gasteiger partial charge in [0.05, 0.1) is 17.5 Å². The van der Waals surface area contributed by atoms with Gasteiger partial charge < -0.3 is 19.5 Å². The standard InChI is InChI=1S/C23H25NO9S/c1-34(30,31)19-13-11-17(12-14-19)20(22(23(26)27)18-8-4-2-5-9-18)16-32-21(25)10-6-3-7-15-33-24(28)29/h2,4-5,8-9,11-14H,3,6-7,10,15-16H2,1H3,(H,26,27)/p-1/b22-20+. The molecule has 0 fully saturated rings. The Morgan fingerprint density at radius 2 is 1.59 bits per heavy atom. The molecule has 0 aliphatic rings. The SMILES string of the molecule is CS(=O)(=O)c1ccc(/C(COC(=O)CCCCCO[N+](=O)[O-])=C(/C(=O)[O-])c2ccccc2)cc1. The zero-order valence-corrected chi connectivity index (χ0v) is 19.3. The zero-order valence-electron chi connectivity index (χ0n) is 18.5. The predicted molar refractivity (Wildman–Crippen MR) is 120 cm³/mol. The Morgan fingerprint density at radius 3 is 2.15 bits per heavy atom. The maximum absolute atomic E-state index is 12.2. The Hall–Kier alpha value is -3.73. The van der Waals surface area contributed by atoms with Crippen molar-refractivity contribution in [2.24, 2.45) is 0 Å². The lowest BCUT2D eigenvalue weighted by Gasteiger charge is -2.18. The third-order valence-electron chi connectivity index (χ3n) is 4.80. The van der Waals surface area contributed by atoms with Crippen LogP contribution in [0.25, 0.3) is 11.1 Å². The minimum Gasteiger partial charge on any atom is -0.545 e. The largest absolute Gasteiger partial charge is 0.545 e. The van der Waals surface area contributed by atoms with Gasteiger partial charge in [-0.3, -0.25) is 4.79 Å². The number of hydrogen-bond acceptors (Lipinski definition) is 9. The van der Waals surface area contributed by atoms with Crippen molar-refractivity contribution in [1.82, 2.24) is 0 Å². The molecule has 0 saturated heterocycles. The molecular formula is C23H24NO9S-. The molecule has 182 valence electrons. The molecule has 2 aromatic rings. The molecule has 2 aromatic carbocycles. The van der Waals surface area contributed by atoms with Crippen LogP contribution in [0.5, 0.6) is 0 Å². The number of nitrogens with zero attached hydrogens (tertiary/aromatic N) is 1. The molecule has 0 radical (unpaired) electrons. The van der Waals surface area contributed by atoms with Crippen LogP contribution in [0.4, 0.5) is 0 Å². The molecule has 34 heavy (non-hydrogen) atoms. The molecule has 0 bridgehead atoms. The first-order valence-corrected chi connectivity index (χ1v) is 12.2. The smallest absolute Gasteiger partial charge is 0.306 e. The summed E-state index contributed by atoms with van der Waals surface area (Å²) in [6.07, 6.45) is 2.40. The van der Waals surface area contributed by atoms with Crippen LogP contribution in [0.15, 0.2) is 59.5 Å². The zero-order chi connectivity index (χ0) is 25.1. The van der Waals surface area contributed by atoms with Crippen molar-refractivity contribution in [2.75, 3.05) is 19.5 Å². The van der Waals surface area contributed by atoms with E-state index < -0.39 is 26.9 Å². The number of carbonyl (C=O) groups excluding carboxylic acids is 2. The monoisotopic (exact) mass is 490 g/mol. The van der Waals surface area contributed by atoms with Gasteiger partial charge in [0.25, 0.3) is 5.09 Å². The number of aliphatic carboxylic acids is 1. The van der Waals surface area contributed by atoms with E-state index in [1.54, 1.807) is 30.3 Å². The Morgan fingerprint density at radius 1 is 0.941 bits per heavy atom. The molecule has 0 amide bonds. The second kappa shape index (κ2) is 12.5. The lowest BCUT2D eigenvalue weighted by molar-refractivity contribution is -0.757. The second-order valence-electron chi connectivity index (χ2n) is 7.33. The molecule has 0 aliphatic carbocycles. The highest BCUT2D eigenvalue weighted by molar-refractivity contribution is 7.90. The lowest BCUT2D eigenvalue weighted by Crippen LogP contribution is -2.25. The number of sulfone groups is 1. The molecule has 0 unspecified atom stereocenters. The van der Waals surface area contributed by atoms with Gasteiger partial charge in [0.15, 0.2) is 9.84 Å². The fourth-order valence-corrected chi connectivity index (χ4v) is 3.77. The Labute approximate surface area is 196 Å². The average molecular weight is 491 g/mol. The third kappa shape index (κ3) is 8.32. The number of carboxylic acid groups (broad SMARTS) is 1. The first-order chi connectivity index (χ1) is 16.1. The Balaban J connectivity index is 2.22. The predicted octanol–water partition coefficient (Wildman–Crippen LogP) is 2.06. The molecule has 2 rings (SSSR count). The number of unbranched alkanes of at least 4 members (excludes halogenated alkanes) is 2. The minimum absolute atomic E-state index is 0.0325. The highest BCUT2D eigenvalue weighted by Crippen LogP contribution is 2.28. The average Bonchev–Trinajstić information content (AvgIpc) is 2.78. The van der Waals surface area contributed by atoms with Crippen molar-refractivity contribution < 1.29 is 37.8 Å². The van der Waals surface area contributed by atoms with Crippen molar-refractivity contribution in [3.8, 4) is 0 Å². The molecule has 0 aliphatic heterocycles. The summed E-state index contributed by atoms with van der Waals surface area (Å²) >= 11 is 0. The van der Waals surface area contributed by atoms with Gasteiger partial charge in [-0.25, -0.2) is 8.42 Å². The van der Waals surface area contributed by atoms with Gasteiger partial charge in [0.1, 0.15) is 6.61 Å². The van der Waals surface area contributed by atoms with E-state index in [0.29, 0.717) is 30.4 Å². The maximum atomic E-state index is 12.2. The van der Waals surface area contributed by atoms with Crippen LogP contribution in [-0.4, -0.2) is 44.9 Å². The highest BCUT2D eigenvalue weighted by atomic mass is 32.2. The Bertz CT molecular complexity index is 1140. The summed E-state index contributed by atoms with van der Waals surface area (Å²) in [4.78, 5) is 38.6. The van der Waals surface area contributed by atoms with Gasteiger partial charge in [0.2, 0.25) is 0 Å². The van der Waals surface area contributed by atoms with Crippen LogP contribution in [-0.2, 0) is 29.0 Å². The molecule has 0 saturated carbocycles. The molecular weight excluding hydrogens is 466 g/mol. The summed E-state index contributed by atoms with van der Waals surface area (Å²) in [5.74, 6) is -2.05. The number of carboxylic acids is 1. The summed E-state index contributed by atoms with van der Waals surface area (Å²) in [5, 5.41) is 21.3. The highest BCUT2D eigenvalue weighted by Gasteiger charge is 2.16. The van der Waals surface area contributed by atoms with Crippen LogP contribution in [0.3, 0.4) is 0 Å². The van der Waals surface area contributed by atoms with Crippen molar-refractivity contribution >= 4 is 32.9 Å². The number of hydrogen-bond donors (Lipinski definition) is 0. The van der Waals surface area contributed by atoms with Crippen LogP contribution in [0, 0.1) is 10.1 Å². The van der Waals surface area contributed by atoms with Gasteiger partial charge >= 0.3 is 5.97 Å². The first-order valence-electron chi connectivity index (χ1n) is 10.3. The van der Waals surface area contributed by atoms with Gasteiger partial charge in [-0.1, -0.05) is 48.9 Å². The molecule has 0 spiro atoms. The molecule has 0 atom stereocenters. The summed E-state index contributed by atoms with van der Waals surface area (Å²) in [6, 6.07) is 13.7. The third-order valence-corrected chi connectivity index (χ3v) is 5.93. The van der Waals surface area contributed by atoms with Crippen molar-refractivity contribution in [2.45, 2.75) is 30.6 Å². The van der Waals surface area contributed by atoms with Gasteiger partial charge in [-0.2, -0.15) is 0 Å². The molecule has 0 N–H and O–H groups in total. The number of benzene rings is 2. The summed E-state index contributed by atoms with van der Waals surface area (Å²) in [7, 11) is -3.46. The molecule has 0 heterocycles. The Kier molecular flexibility index (Phi) is 9.75. The van der Waals surface area contributed by atoms with E-state index in [4.69, 9.17) is 4.74 Å². The van der Waals surface area contributed by atoms with E-state index in [0.717, 1.165) is 6.26 Å². The van der Waals surface area contributed by atoms with Gasteiger partial charge in [0, 0.05) is 23.8 Å². The fraction of sp³-hybridized carbons (Fsp3) is 0.304. The van der Waals surface area contributed by atoms with Crippen molar-refractivity contribution in [3.05, 3.63) is 75.8 Å². The number of carbonyl (C=O) groups is 2. The van der Waals surface area contributed by atoms with E-state index in [-0.39, 0.29) is 35.7 Å². The molecule has 0 aromatic heterocycles. The summed E-state index contributed by atoms with van der Waals surface area (Å²) in [5.41, 5.74) is 0.670. The van der Waals surface area contributed by atoms with Crippen molar-refractivity contribution in [3.63, 3.8) is 0 Å². The lowest BCUT2D eigenvalue weighted by atomic mass is 9.95. The second-order valence-corrected chi connectivity index (χ2v) is 9.35. The van der Waals surface area contributed by atoms with E-state index in [1.807, 2.05) is 0 Å². The maximum Gasteiger partial charge on any atom is 0.306 e. The van der Waals surface area contributed by atoms with Crippen LogP contribution in [0.2, 0.25) is 0 Å². The topological polar surface area (TPSA) is 153 Å². The molecule has 11 heteroatoms. The van der Waals surface area contributed by atoms with Crippen LogP contribution >= 0.6 is 0 Å². The van der Waals surface area contributed by atoms with Crippen LogP contribution < -0.4 is 5.11 Å². The van der Waals surface area contributed by atoms with Crippen LogP contribution in [0.1, 0.15) is 36.8 Å². The number of esters is 1. The summed E-state index contributed by atoms with van der Waals surface area (Å²) < 4.78 is 28.8. The summed E-state index contributed by atoms with van der Waals surface area (Å²) in [6.45, 7) is -0.440. The quantitative estimate of drug-likeness (QED) is 0.102. The molecule has 10 nitrogen and oxygen atoms in total. The normalized spacial score (nSPS) is 11.9. The minimum atomic E-state index is -3.46. The van der Waals surface area contributed by atoms with E-state index in [1.165, 1.54) is 24.3 Å². The van der Waals surface area contributed by atoms with E-state index in [2.05, 4.69) is 4.84 Å². The van der Waals surface area contributed by atoms with E-state index in [9.17, 15) is 33.2 Å².